The van der Waals surface area contributed by atoms with E-state index in [0.717, 1.165) is 11.1 Å². The minimum absolute atomic E-state index is 0.0195. The van der Waals surface area contributed by atoms with E-state index in [4.69, 9.17) is 4.74 Å². The molecular formula is C20H23N3O5S2. The van der Waals surface area contributed by atoms with Crippen molar-refractivity contribution in [2.75, 3.05) is 6.54 Å². The third kappa shape index (κ3) is 5.53. The van der Waals surface area contributed by atoms with Crippen molar-refractivity contribution < 1.29 is 22.7 Å². The number of amides is 2. The lowest BCUT2D eigenvalue weighted by Crippen LogP contribution is -2.51. The number of ether oxygens (including phenoxy) is 1. The highest BCUT2D eigenvalue weighted by Gasteiger charge is 2.39. The van der Waals surface area contributed by atoms with Gasteiger partial charge in [-0.3, -0.25) is 15.1 Å². The van der Waals surface area contributed by atoms with E-state index >= 15 is 0 Å². The number of hydrazine groups is 1. The third-order valence-electron chi connectivity index (χ3n) is 4.66. The first-order valence-corrected chi connectivity index (χ1v) is 11.3. The molecule has 0 aliphatic carbocycles. The number of nitrogens with one attached hydrogen (secondary N) is 2. The molecule has 0 unspecified atom stereocenters. The van der Waals surface area contributed by atoms with Crippen LogP contribution in [0.5, 0.6) is 0 Å². The third-order valence-corrected chi connectivity index (χ3v) is 6.30. The standard InChI is InChI=1S/C20H23N3O5S2/c1-14-7-9-17(10-8-14)30(26,27)22-21-19(24)18-11-16(29)12-23(18)20(25)28-13-15-5-3-2-4-6-15/h2-10,16,18,22,29H,11-13H2,1H3,(H,21,24)/t16-,18+/m1/s1. The molecule has 0 aromatic heterocycles. The molecule has 3 rings (SSSR count). The molecule has 0 bridgehead atoms. The Morgan fingerprint density at radius 2 is 1.80 bits per heavy atom. The Kier molecular flexibility index (Phi) is 7.01. The van der Waals surface area contributed by atoms with E-state index < -0.39 is 28.1 Å². The van der Waals surface area contributed by atoms with Crippen LogP contribution in [0.3, 0.4) is 0 Å². The van der Waals surface area contributed by atoms with Gasteiger partial charge >= 0.3 is 6.09 Å². The predicted octanol–water partition coefficient (Wildman–Crippen LogP) is 2.01. The van der Waals surface area contributed by atoms with Crippen molar-refractivity contribution >= 4 is 34.7 Å². The molecule has 0 saturated carbocycles. The Morgan fingerprint density at radius 3 is 2.47 bits per heavy atom. The van der Waals surface area contributed by atoms with E-state index in [1.807, 2.05) is 37.3 Å². The van der Waals surface area contributed by atoms with Crippen molar-refractivity contribution in [1.82, 2.24) is 15.2 Å². The molecule has 2 atom stereocenters. The Morgan fingerprint density at radius 1 is 1.13 bits per heavy atom. The quantitative estimate of drug-likeness (QED) is 0.462. The van der Waals surface area contributed by atoms with E-state index in [1.54, 1.807) is 12.1 Å². The molecule has 1 fully saturated rings. The second-order valence-corrected chi connectivity index (χ2v) is 9.42. The van der Waals surface area contributed by atoms with Gasteiger partial charge in [-0.05, 0) is 31.0 Å². The zero-order chi connectivity index (χ0) is 21.7. The average molecular weight is 450 g/mol. The van der Waals surface area contributed by atoms with Crippen LogP contribution < -0.4 is 10.3 Å². The molecule has 1 heterocycles. The number of aryl methyl sites for hydroxylation is 1. The smallest absolute Gasteiger partial charge is 0.410 e. The van der Waals surface area contributed by atoms with Crippen molar-refractivity contribution in [2.45, 2.75) is 36.1 Å². The Hall–Kier alpha value is -2.56. The predicted molar refractivity (Wildman–Crippen MR) is 114 cm³/mol. The fraction of sp³-hybridized carbons (Fsp3) is 0.300. The summed E-state index contributed by atoms with van der Waals surface area (Å²) >= 11 is 4.36. The van der Waals surface area contributed by atoms with Crippen LogP contribution in [0, 0.1) is 6.92 Å². The summed E-state index contributed by atoms with van der Waals surface area (Å²) in [5, 5.41) is -0.223. The fourth-order valence-corrected chi connectivity index (χ4v) is 4.27. The van der Waals surface area contributed by atoms with E-state index in [2.05, 4.69) is 22.9 Å². The monoisotopic (exact) mass is 449 g/mol. The number of sulfonamides is 1. The molecule has 1 aliphatic rings. The number of hydrogen-bond donors (Lipinski definition) is 3. The molecule has 160 valence electrons. The second kappa shape index (κ2) is 9.50. The lowest BCUT2D eigenvalue weighted by molar-refractivity contribution is -0.125. The van der Waals surface area contributed by atoms with Gasteiger partial charge < -0.3 is 4.74 Å². The number of hydrogen-bond acceptors (Lipinski definition) is 6. The molecule has 2 N–H and O–H groups in total. The maximum Gasteiger partial charge on any atom is 0.410 e. The normalized spacial score (nSPS) is 18.8. The van der Waals surface area contributed by atoms with Gasteiger partial charge in [0.05, 0.1) is 4.90 Å². The molecular weight excluding hydrogens is 426 g/mol. The van der Waals surface area contributed by atoms with Gasteiger partial charge in [0.25, 0.3) is 15.9 Å². The summed E-state index contributed by atoms with van der Waals surface area (Å²) in [7, 11) is -3.93. The molecule has 8 nitrogen and oxygen atoms in total. The highest BCUT2D eigenvalue weighted by molar-refractivity contribution is 7.89. The van der Waals surface area contributed by atoms with Gasteiger partial charge in [-0.25, -0.2) is 13.2 Å². The average Bonchev–Trinajstić information content (AvgIpc) is 3.13. The number of rotatable bonds is 6. The van der Waals surface area contributed by atoms with Gasteiger partial charge in [0, 0.05) is 11.8 Å². The van der Waals surface area contributed by atoms with Gasteiger partial charge in [-0.15, -0.1) is 4.83 Å². The highest BCUT2D eigenvalue weighted by Crippen LogP contribution is 2.23. The molecule has 2 amide bonds. The van der Waals surface area contributed by atoms with Gasteiger partial charge in [-0.2, -0.15) is 12.6 Å². The molecule has 2 aromatic rings. The van der Waals surface area contributed by atoms with Crippen molar-refractivity contribution in [3.8, 4) is 0 Å². The summed E-state index contributed by atoms with van der Waals surface area (Å²) in [5.74, 6) is -0.654. The number of carbonyl (C=O) groups excluding carboxylic acids is 2. The van der Waals surface area contributed by atoms with Crippen LogP contribution in [0.2, 0.25) is 0 Å². The molecule has 10 heteroatoms. The molecule has 0 radical (unpaired) electrons. The zero-order valence-electron chi connectivity index (χ0n) is 16.3. The van der Waals surface area contributed by atoms with Crippen LogP contribution in [0.15, 0.2) is 59.5 Å². The first-order chi connectivity index (χ1) is 14.3. The summed E-state index contributed by atoms with van der Waals surface area (Å²) < 4.78 is 30.0. The summed E-state index contributed by atoms with van der Waals surface area (Å²) in [6.45, 7) is 2.13. The van der Waals surface area contributed by atoms with Crippen molar-refractivity contribution in [3.05, 3.63) is 65.7 Å². The SMILES string of the molecule is Cc1ccc(S(=O)(=O)NNC(=O)[C@@H]2C[C@@H](S)CN2C(=O)OCc2ccccc2)cc1. The van der Waals surface area contributed by atoms with Gasteiger partial charge in [0.1, 0.15) is 12.6 Å². The lowest BCUT2D eigenvalue weighted by atomic mass is 10.2. The minimum atomic E-state index is -3.93. The summed E-state index contributed by atoms with van der Waals surface area (Å²) in [6, 6.07) is 14.5. The van der Waals surface area contributed by atoms with E-state index in [-0.39, 0.29) is 29.7 Å². The maximum absolute atomic E-state index is 12.6. The van der Waals surface area contributed by atoms with Crippen LogP contribution in [-0.4, -0.2) is 43.2 Å². The fourth-order valence-electron chi connectivity index (χ4n) is 3.04. The summed E-state index contributed by atoms with van der Waals surface area (Å²) in [6.07, 6.45) is -0.376. The molecule has 2 aromatic carbocycles. The van der Waals surface area contributed by atoms with E-state index in [0.29, 0.717) is 0 Å². The zero-order valence-corrected chi connectivity index (χ0v) is 18.0. The molecule has 1 saturated heterocycles. The topological polar surface area (TPSA) is 105 Å². The van der Waals surface area contributed by atoms with Crippen LogP contribution in [-0.2, 0) is 26.2 Å². The van der Waals surface area contributed by atoms with E-state index in [1.165, 1.54) is 17.0 Å². The van der Waals surface area contributed by atoms with Gasteiger partial charge in [0.2, 0.25) is 0 Å². The molecule has 0 spiro atoms. The van der Waals surface area contributed by atoms with Crippen LogP contribution >= 0.6 is 12.6 Å². The number of nitrogens with zero attached hydrogens (tertiary/aromatic N) is 1. The Balaban J connectivity index is 1.60. The summed E-state index contributed by atoms with van der Waals surface area (Å²) in [5.41, 5.74) is 3.93. The van der Waals surface area contributed by atoms with Gasteiger partial charge in [0.15, 0.2) is 0 Å². The number of benzene rings is 2. The minimum Gasteiger partial charge on any atom is -0.445 e. The first-order valence-electron chi connectivity index (χ1n) is 9.30. The van der Waals surface area contributed by atoms with Crippen molar-refractivity contribution in [2.24, 2.45) is 0 Å². The lowest BCUT2D eigenvalue weighted by Gasteiger charge is -2.23. The molecule has 30 heavy (non-hydrogen) atoms. The summed E-state index contributed by atoms with van der Waals surface area (Å²) in [4.78, 5) is 28.4. The highest BCUT2D eigenvalue weighted by atomic mass is 32.2. The molecule has 1 aliphatic heterocycles. The number of likely N-dealkylation sites (tertiary alicyclic amines) is 1. The largest absolute Gasteiger partial charge is 0.445 e. The second-order valence-electron chi connectivity index (χ2n) is 7.01. The van der Waals surface area contributed by atoms with Crippen LogP contribution in [0.25, 0.3) is 0 Å². The first kappa shape index (κ1) is 22.1. The number of carbonyl (C=O) groups is 2. The Labute approximate surface area is 181 Å². The van der Waals surface area contributed by atoms with E-state index in [9.17, 15) is 18.0 Å². The van der Waals surface area contributed by atoms with Crippen LogP contribution in [0.1, 0.15) is 17.5 Å². The van der Waals surface area contributed by atoms with Gasteiger partial charge in [-0.1, -0.05) is 48.0 Å². The number of thiol groups is 1. The van der Waals surface area contributed by atoms with Crippen LogP contribution in [0.4, 0.5) is 4.79 Å². The Bertz CT molecular complexity index is 997. The van der Waals surface area contributed by atoms with Crippen molar-refractivity contribution in [3.63, 3.8) is 0 Å². The maximum atomic E-state index is 12.6. The van der Waals surface area contributed by atoms with Crippen molar-refractivity contribution in [1.29, 1.82) is 0 Å².